The van der Waals surface area contributed by atoms with Gasteiger partial charge in [-0.25, -0.2) is 0 Å². The second-order valence-electron chi connectivity index (χ2n) is 9.04. The van der Waals surface area contributed by atoms with Crippen LogP contribution in [0.15, 0.2) is 79.1 Å². The number of nitrogens with zero attached hydrogens (tertiary/aromatic N) is 3. The van der Waals surface area contributed by atoms with Gasteiger partial charge in [0.2, 0.25) is 0 Å². The third-order valence-corrected chi connectivity index (χ3v) is 6.52. The van der Waals surface area contributed by atoms with E-state index in [1.807, 2.05) is 68.0 Å². The third-order valence-electron chi connectivity index (χ3n) is 6.28. The standard InChI is InChI=1S/C29H29ClN4O3.ClH/c1-33-18-23(17-31-33)26-16-27(29(35)32-25-9-5-8-24(30)15-25)28(37-20-21-6-3-2-4-7-21)14-22(26)19-34-10-12-36-13-11-34;/h2-9,14-18H,10-13,19-20H2,1H3,(H,32,35);1H. The van der Waals surface area contributed by atoms with Gasteiger partial charge >= 0.3 is 0 Å². The number of aromatic nitrogens is 2. The first-order valence-electron chi connectivity index (χ1n) is 12.2. The van der Waals surface area contributed by atoms with Crippen LogP contribution in [0.25, 0.3) is 11.1 Å². The van der Waals surface area contributed by atoms with Crippen LogP contribution in [0.1, 0.15) is 21.5 Å². The van der Waals surface area contributed by atoms with Crippen LogP contribution in [0.3, 0.4) is 0 Å². The molecule has 1 aromatic heterocycles. The molecule has 198 valence electrons. The molecule has 0 unspecified atom stereocenters. The van der Waals surface area contributed by atoms with Crippen molar-refractivity contribution < 1.29 is 14.3 Å². The van der Waals surface area contributed by atoms with E-state index in [2.05, 4.69) is 15.3 Å². The van der Waals surface area contributed by atoms with Gasteiger partial charge in [-0.15, -0.1) is 12.4 Å². The summed E-state index contributed by atoms with van der Waals surface area (Å²) in [4.78, 5) is 15.9. The van der Waals surface area contributed by atoms with Gasteiger partial charge in [0.05, 0.1) is 25.0 Å². The van der Waals surface area contributed by atoms with Crippen molar-refractivity contribution in [2.45, 2.75) is 13.2 Å². The summed E-state index contributed by atoms with van der Waals surface area (Å²) in [5, 5.41) is 7.89. The third kappa shape index (κ3) is 6.94. The highest BCUT2D eigenvalue weighted by atomic mass is 35.5. The largest absolute Gasteiger partial charge is 0.488 e. The number of amides is 1. The smallest absolute Gasteiger partial charge is 0.259 e. The molecule has 0 bridgehead atoms. The molecule has 1 fully saturated rings. The van der Waals surface area contributed by atoms with Gasteiger partial charge in [-0.05, 0) is 47.0 Å². The second-order valence-corrected chi connectivity index (χ2v) is 9.47. The fraction of sp³-hybridized carbons (Fsp3) is 0.241. The fourth-order valence-corrected chi connectivity index (χ4v) is 4.57. The molecule has 3 aromatic carbocycles. The van der Waals surface area contributed by atoms with Crippen molar-refractivity contribution in [1.29, 1.82) is 0 Å². The second kappa shape index (κ2) is 12.9. The van der Waals surface area contributed by atoms with Crippen LogP contribution in [0.5, 0.6) is 5.75 Å². The zero-order chi connectivity index (χ0) is 25.6. The molecule has 1 aliphatic rings. The topological polar surface area (TPSA) is 68.6 Å². The molecule has 38 heavy (non-hydrogen) atoms. The quantitative estimate of drug-likeness (QED) is 0.298. The van der Waals surface area contributed by atoms with Crippen LogP contribution in [0.2, 0.25) is 5.02 Å². The van der Waals surface area contributed by atoms with Crippen molar-refractivity contribution in [2.24, 2.45) is 7.05 Å². The SMILES string of the molecule is Cl.Cn1cc(-c2cc(C(=O)Nc3cccc(Cl)c3)c(OCc3ccccc3)cc2CN2CCOCC2)cn1. The van der Waals surface area contributed by atoms with E-state index >= 15 is 0 Å². The average Bonchev–Trinajstić information content (AvgIpc) is 3.34. The van der Waals surface area contributed by atoms with Crippen LogP contribution in [0, 0.1) is 0 Å². The number of halogens is 2. The van der Waals surface area contributed by atoms with Crippen LogP contribution >= 0.6 is 24.0 Å². The van der Waals surface area contributed by atoms with E-state index in [-0.39, 0.29) is 18.3 Å². The number of carbonyl (C=O) groups excluding carboxylic acids is 1. The number of morpholine rings is 1. The van der Waals surface area contributed by atoms with Crippen LogP contribution in [-0.2, 0) is 24.9 Å². The molecule has 4 aromatic rings. The predicted molar refractivity (Wildman–Crippen MR) is 152 cm³/mol. The highest BCUT2D eigenvalue weighted by Gasteiger charge is 2.21. The van der Waals surface area contributed by atoms with Crippen molar-refractivity contribution >= 4 is 35.6 Å². The summed E-state index contributed by atoms with van der Waals surface area (Å²) < 4.78 is 13.6. The lowest BCUT2D eigenvalue weighted by atomic mass is 9.97. The van der Waals surface area contributed by atoms with Crippen molar-refractivity contribution in [3.05, 3.63) is 101 Å². The van der Waals surface area contributed by atoms with E-state index in [4.69, 9.17) is 21.1 Å². The van der Waals surface area contributed by atoms with Gasteiger partial charge in [0.1, 0.15) is 12.4 Å². The summed E-state index contributed by atoms with van der Waals surface area (Å²) in [7, 11) is 1.88. The molecule has 1 N–H and O–H groups in total. The number of hydrogen-bond acceptors (Lipinski definition) is 5. The van der Waals surface area contributed by atoms with E-state index < -0.39 is 0 Å². The monoisotopic (exact) mass is 552 g/mol. The zero-order valence-electron chi connectivity index (χ0n) is 21.1. The molecule has 0 spiro atoms. The highest BCUT2D eigenvalue weighted by molar-refractivity contribution is 6.31. The van der Waals surface area contributed by atoms with Crippen molar-refractivity contribution in [3.63, 3.8) is 0 Å². The van der Waals surface area contributed by atoms with Crippen molar-refractivity contribution in [2.75, 3.05) is 31.6 Å². The van der Waals surface area contributed by atoms with E-state index in [1.165, 1.54) is 0 Å². The van der Waals surface area contributed by atoms with E-state index in [9.17, 15) is 4.79 Å². The van der Waals surface area contributed by atoms with E-state index in [0.717, 1.165) is 35.3 Å². The number of rotatable bonds is 8. The number of nitrogens with one attached hydrogen (secondary N) is 1. The first-order valence-corrected chi connectivity index (χ1v) is 12.6. The molecular formula is C29H30Cl2N4O3. The number of anilines is 1. The molecule has 7 nitrogen and oxygen atoms in total. The maximum atomic E-state index is 13.6. The minimum Gasteiger partial charge on any atom is -0.488 e. The Morgan fingerprint density at radius 3 is 2.58 bits per heavy atom. The lowest BCUT2D eigenvalue weighted by Crippen LogP contribution is -2.35. The lowest BCUT2D eigenvalue weighted by Gasteiger charge is -2.28. The highest BCUT2D eigenvalue weighted by Crippen LogP contribution is 2.33. The Bertz CT molecular complexity index is 1370. The first-order chi connectivity index (χ1) is 18.0. The summed E-state index contributed by atoms with van der Waals surface area (Å²) in [5.74, 6) is 0.257. The number of carbonyl (C=O) groups is 1. The summed E-state index contributed by atoms with van der Waals surface area (Å²) >= 11 is 6.15. The molecule has 0 saturated carbocycles. The van der Waals surface area contributed by atoms with Crippen LogP contribution in [0.4, 0.5) is 5.69 Å². The lowest BCUT2D eigenvalue weighted by molar-refractivity contribution is 0.0342. The van der Waals surface area contributed by atoms with Gasteiger partial charge in [-0.3, -0.25) is 14.4 Å². The molecule has 5 rings (SSSR count). The average molecular weight is 553 g/mol. The van der Waals surface area contributed by atoms with Crippen molar-refractivity contribution in [3.8, 4) is 16.9 Å². The number of benzene rings is 3. The van der Waals surface area contributed by atoms with E-state index in [1.54, 1.807) is 22.9 Å². The number of hydrogen-bond donors (Lipinski definition) is 1. The normalized spacial score (nSPS) is 13.5. The van der Waals surface area contributed by atoms with Gasteiger partial charge in [-0.1, -0.05) is 48.0 Å². The summed E-state index contributed by atoms with van der Waals surface area (Å²) in [6.07, 6.45) is 3.78. The van der Waals surface area contributed by atoms with Crippen molar-refractivity contribution in [1.82, 2.24) is 14.7 Å². The molecule has 1 aliphatic heterocycles. The minimum absolute atomic E-state index is 0. The van der Waals surface area contributed by atoms with Crippen LogP contribution in [-0.4, -0.2) is 46.9 Å². The molecule has 9 heteroatoms. The van der Waals surface area contributed by atoms with Gasteiger partial charge in [0.15, 0.2) is 0 Å². The van der Waals surface area contributed by atoms with Gasteiger partial charge < -0.3 is 14.8 Å². The molecule has 1 amide bonds. The molecule has 1 saturated heterocycles. The Morgan fingerprint density at radius 2 is 1.87 bits per heavy atom. The number of aryl methyl sites for hydroxylation is 1. The molecule has 0 radical (unpaired) electrons. The summed E-state index contributed by atoms with van der Waals surface area (Å²) in [6.45, 7) is 4.18. The summed E-state index contributed by atoms with van der Waals surface area (Å²) in [6, 6.07) is 20.9. The summed E-state index contributed by atoms with van der Waals surface area (Å²) in [5.41, 5.74) is 5.04. The van der Waals surface area contributed by atoms with E-state index in [0.29, 0.717) is 48.4 Å². The maximum Gasteiger partial charge on any atom is 0.259 e. The minimum atomic E-state index is -0.270. The molecule has 0 aliphatic carbocycles. The predicted octanol–water partition coefficient (Wildman–Crippen LogP) is 5.83. The Kier molecular flexibility index (Phi) is 9.42. The maximum absolute atomic E-state index is 13.6. The van der Waals surface area contributed by atoms with Crippen LogP contribution < -0.4 is 10.1 Å². The first kappa shape index (κ1) is 27.7. The Labute approximate surface area is 233 Å². The molecular weight excluding hydrogens is 523 g/mol. The Hall–Kier alpha value is -3.36. The van der Waals surface area contributed by atoms with Gasteiger partial charge in [0.25, 0.3) is 5.91 Å². The molecule has 2 heterocycles. The Morgan fingerprint density at radius 1 is 1.08 bits per heavy atom. The van der Waals surface area contributed by atoms with Gasteiger partial charge in [-0.2, -0.15) is 5.10 Å². The van der Waals surface area contributed by atoms with Gasteiger partial charge in [0, 0.05) is 49.2 Å². The molecule has 0 atom stereocenters. The fourth-order valence-electron chi connectivity index (χ4n) is 4.38. The Balaban J connectivity index is 0.00000336. The number of ether oxygens (including phenoxy) is 2. The zero-order valence-corrected chi connectivity index (χ0v) is 22.7.